The monoisotopic (exact) mass is 392 g/mol. The van der Waals surface area contributed by atoms with Crippen LogP contribution in [0.25, 0.3) is 0 Å². The highest BCUT2D eigenvalue weighted by molar-refractivity contribution is 7.14. The number of hydrogen-bond donors (Lipinski definition) is 1. The molecule has 2 fully saturated rings. The predicted octanol–water partition coefficient (Wildman–Crippen LogP) is 0.485. The first kappa shape index (κ1) is 18.9. The third-order valence-corrected chi connectivity index (χ3v) is 7.29. The lowest BCUT2D eigenvalue weighted by Gasteiger charge is -2.44. The fourth-order valence-corrected chi connectivity index (χ4v) is 5.55. The summed E-state index contributed by atoms with van der Waals surface area (Å²) in [7, 11) is 2.09. The van der Waals surface area contributed by atoms with E-state index in [-0.39, 0.29) is 24.0 Å². The van der Waals surface area contributed by atoms with Crippen LogP contribution < -0.4 is 5.73 Å². The van der Waals surface area contributed by atoms with Crippen LogP contribution in [0.5, 0.6) is 0 Å². The molecule has 2 N–H and O–H groups in total. The van der Waals surface area contributed by atoms with E-state index in [0.29, 0.717) is 19.7 Å². The molecule has 148 valence electrons. The van der Waals surface area contributed by atoms with E-state index in [1.54, 1.807) is 11.3 Å². The third-order valence-electron chi connectivity index (χ3n) is 6.11. The maximum Gasteiger partial charge on any atom is 0.264 e. The van der Waals surface area contributed by atoms with Crippen LogP contribution in [0.15, 0.2) is 6.07 Å². The van der Waals surface area contributed by atoms with Gasteiger partial charge >= 0.3 is 0 Å². The summed E-state index contributed by atoms with van der Waals surface area (Å²) in [5.41, 5.74) is 6.33. The third kappa shape index (κ3) is 3.51. The van der Waals surface area contributed by atoms with Gasteiger partial charge < -0.3 is 25.2 Å². The molecule has 2 amide bonds. The minimum absolute atomic E-state index is 0.00265. The zero-order valence-corrected chi connectivity index (χ0v) is 16.7. The highest BCUT2D eigenvalue weighted by Crippen LogP contribution is 2.44. The van der Waals surface area contributed by atoms with E-state index >= 15 is 0 Å². The van der Waals surface area contributed by atoms with E-state index in [0.717, 1.165) is 50.3 Å². The molecule has 2 saturated heterocycles. The van der Waals surface area contributed by atoms with Gasteiger partial charge in [0, 0.05) is 50.6 Å². The highest BCUT2D eigenvalue weighted by atomic mass is 32.1. The molecule has 0 radical (unpaired) electrons. The average molecular weight is 393 g/mol. The van der Waals surface area contributed by atoms with Crippen molar-refractivity contribution in [3.05, 3.63) is 21.4 Å². The van der Waals surface area contributed by atoms with Gasteiger partial charge in [0.15, 0.2) is 0 Å². The van der Waals surface area contributed by atoms with Crippen LogP contribution in [0.4, 0.5) is 0 Å². The number of likely N-dealkylation sites (tertiary alicyclic amines) is 1. The molecule has 4 rings (SSSR count). The van der Waals surface area contributed by atoms with Crippen LogP contribution in [0.2, 0.25) is 0 Å². The lowest BCUT2D eigenvalue weighted by atomic mass is 9.82. The maximum absolute atomic E-state index is 13.0. The number of rotatable bonds is 2. The number of nitrogens with zero attached hydrogens (tertiary/aromatic N) is 3. The van der Waals surface area contributed by atoms with Gasteiger partial charge in [-0.25, -0.2) is 0 Å². The lowest BCUT2D eigenvalue weighted by Crippen LogP contribution is -2.49. The van der Waals surface area contributed by atoms with Gasteiger partial charge in [0.2, 0.25) is 5.91 Å². The summed E-state index contributed by atoms with van der Waals surface area (Å²) in [4.78, 5) is 33.0. The standard InChI is InChI=1S/C19H28N4O3S/c1-21-7-9-23(10-8-21)18(25)16-12-14-15(27-16)2-11-26-19(14)3-5-22(6-4-19)17(24)13-20/h12H,2-11,13,20H2,1H3. The first-order valence-corrected chi connectivity index (χ1v) is 10.6. The molecule has 0 aromatic carbocycles. The molecule has 0 bridgehead atoms. The van der Waals surface area contributed by atoms with Crippen molar-refractivity contribution in [2.75, 3.05) is 59.5 Å². The smallest absolute Gasteiger partial charge is 0.264 e. The molecule has 1 aromatic heterocycles. The van der Waals surface area contributed by atoms with Gasteiger partial charge in [-0.3, -0.25) is 9.59 Å². The van der Waals surface area contributed by atoms with E-state index in [9.17, 15) is 9.59 Å². The molecule has 1 aromatic rings. The van der Waals surface area contributed by atoms with Crippen molar-refractivity contribution in [2.45, 2.75) is 24.9 Å². The Balaban J connectivity index is 1.52. The molecule has 3 aliphatic rings. The molecule has 0 aliphatic carbocycles. The molecular formula is C19H28N4O3S. The number of carbonyl (C=O) groups excluding carboxylic acids is 2. The Morgan fingerprint density at radius 1 is 1.15 bits per heavy atom. The Kier molecular flexibility index (Phi) is 5.24. The van der Waals surface area contributed by atoms with Gasteiger partial charge in [0.25, 0.3) is 5.91 Å². The van der Waals surface area contributed by atoms with Crippen LogP contribution in [0, 0.1) is 0 Å². The summed E-state index contributed by atoms with van der Waals surface area (Å²) in [5.74, 6) is 0.144. The van der Waals surface area contributed by atoms with Crippen molar-refractivity contribution >= 4 is 23.2 Å². The number of ether oxygens (including phenoxy) is 1. The van der Waals surface area contributed by atoms with Crippen molar-refractivity contribution in [1.29, 1.82) is 0 Å². The second-order valence-electron chi connectivity index (χ2n) is 7.72. The van der Waals surface area contributed by atoms with Crippen LogP contribution in [-0.4, -0.2) is 86.0 Å². The van der Waals surface area contributed by atoms with E-state index in [1.165, 1.54) is 10.4 Å². The first-order chi connectivity index (χ1) is 13.0. The van der Waals surface area contributed by atoms with Crippen LogP contribution in [-0.2, 0) is 21.6 Å². The predicted molar refractivity (Wildman–Crippen MR) is 104 cm³/mol. The molecule has 3 aliphatic heterocycles. The van der Waals surface area contributed by atoms with Crippen LogP contribution >= 0.6 is 11.3 Å². The van der Waals surface area contributed by atoms with Gasteiger partial charge in [-0.05, 0) is 31.5 Å². The Labute approximate surface area is 164 Å². The van der Waals surface area contributed by atoms with E-state index in [2.05, 4.69) is 18.0 Å². The molecule has 0 atom stereocenters. The molecule has 0 saturated carbocycles. The number of amides is 2. The molecule has 4 heterocycles. The van der Waals surface area contributed by atoms with Crippen LogP contribution in [0.3, 0.4) is 0 Å². The number of piperidine rings is 1. The van der Waals surface area contributed by atoms with E-state index < -0.39 is 0 Å². The molecule has 27 heavy (non-hydrogen) atoms. The number of carbonyl (C=O) groups is 2. The van der Waals surface area contributed by atoms with Crippen molar-refractivity contribution < 1.29 is 14.3 Å². The summed E-state index contributed by atoms with van der Waals surface area (Å²) in [5, 5.41) is 0. The number of likely N-dealkylation sites (N-methyl/N-ethyl adjacent to an activating group) is 1. The van der Waals surface area contributed by atoms with Gasteiger partial charge in [0.1, 0.15) is 0 Å². The molecule has 0 unspecified atom stereocenters. The minimum atomic E-state index is -0.351. The van der Waals surface area contributed by atoms with Crippen molar-refractivity contribution in [1.82, 2.24) is 14.7 Å². The number of thiophene rings is 1. The molecule has 8 heteroatoms. The van der Waals surface area contributed by atoms with Crippen molar-refractivity contribution in [2.24, 2.45) is 5.73 Å². The summed E-state index contributed by atoms with van der Waals surface area (Å²) in [6, 6.07) is 2.07. The minimum Gasteiger partial charge on any atom is -0.370 e. The summed E-state index contributed by atoms with van der Waals surface area (Å²) < 4.78 is 6.25. The number of hydrogen-bond acceptors (Lipinski definition) is 6. The highest BCUT2D eigenvalue weighted by Gasteiger charge is 2.43. The molecular weight excluding hydrogens is 364 g/mol. The largest absolute Gasteiger partial charge is 0.370 e. The Morgan fingerprint density at radius 2 is 1.85 bits per heavy atom. The quantitative estimate of drug-likeness (QED) is 0.792. The fourth-order valence-electron chi connectivity index (χ4n) is 4.35. The van der Waals surface area contributed by atoms with Crippen LogP contribution in [0.1, 0.15) is 33.0 Å². The first-order valence-electron chi connectivity index (χ1n) is 9.75. The summed E-state index contributed by atoms with van der Waals surface area (Å²) in [6.45, 7) is 5.48. The Morgan fingerprint density at radius 3 is 2.52 bits per heavy atom. The second kappa shape index (κ2) is 7.50. The zero-order chi connectivity index (χ0) is 19.0. The fraction of sp³-hybridized carbons (Fsp3) is 0.684. The average Bonchev–Trinajstić information content (AvgIpc) is 3.14. The normalized spacial score (nSPS) is 22.7. The number of nitrogens with two attached hydrogens (primary N) is 1. The molecule has 7 nitrogen and oxygen atoms in total. The van der Waals surface area contributed by atoms with Gasteiger partial charge in [-0.2, -0.15) is 0 Å². The SMILES string of the molecule is CN1CCN(C(=O)c2cc3c(s2)CCOC32CCN(C(=O)CN)CC2)CC1. The van der Waals surface area contributed by atoms with E-state index in [1.807, 2.05) is 9.80 Å². The van der Waals surface area contributed by atoms with Gasteiger partial charge in [-0.1, -0.05) is 0 Å². The maximum atomic E-state index is 13.0. The zero-order valence-electron chi connectivity index (χ0n) is 15.9. The van der Waals surface area contributed by atoms with Gasteiger partial charge in [-0.15, -0.1) is 11.3 Å². The Hall–Kier alpha value is -1.48. The van der Waals surface area contributed by atoms with Crippen molar-refractivity contribution in [3.63, 3.8) is 0 Å². The van der Waals surface area contributed by atoms with Crippen molar-refractivity contribution in [3.8, 4) is 0 Å². The summed E-state index contributed by atoms with van der Waals surface area (Å²) >= 11 is 1.63. The second-order valence-corrected chi connectivity index (χ2v) is 8.86. The topological polar surface area (TPSA) is 79.1 Å². The number of fused-ring (bicyclic) bond motifs is 2. The summed E-state index contributed by atoms with van der Waals surface area (Å²) in [6.07, 6.45) is 2.40. The Bertz CT molecular complexity index is 719. The molecule has 1 spiro atoms. The van der Waals surface area contributed by atoms with E-state index in [4.69, 9.17) is 10.5 Å². The van der Waals surface area contributed by atoms with Gasteiger partial charge in [0.05, 0.1) is 23.6 Å². The lowest BCUT2D eigenvalue weighted by molar-refractivity contribution is -0.139. The number of piperazine rings is 1.